The van der Waals surface area contributed by atoms with Crippen LogP contribution in [0.4, 0.5) is 0 Å². The lowest BCUT2D eigenvalue weighted by molar-refractivity contribution is 0.493. The zero-order chi connectivity index (χ0) is 11.7. The van der Waals surface area contributed by atoms with Crippen LogP contribution in [0.3, 0.4) is 0 Å². The van der Waals surface area contributed by atoms with Gasteiger partial charge in [-0.1, -0.05) is 39.0 Å². The molecule has 0 atom stereocenters. The van der Waals surface area contributed by atoms with Crippen LogP contribution in [-0.2, 0) is 15.3 Å². The maximum absolute atomic E-state index is 11.6. The van der Waals surface area contributed by atoms with Gasteiger partial charge >= 0.3 is 0 Å². The Morgan fingerprint density at radius 3 is 2.20 bits per heavy atom. The van der Waals surface area contributed by atoms with Crippen LogP contribution in [-0.4, -0.2) is 14.7 Å². The summed E-state index contributed by atoms with van der Waals surface area (Å²) in [6.45, 7) is 6.20. The molecule has 0 fully saturated rings. The van der Waals surface area contributed by atoms with Gasteiger partial charge in [-0.25, -0.2) is 8.42 Å². The van der Waals surface area contributed by atoms with Crippen molar-refractivity contribution in [1.29, 1.82) is 0 Å². The molecular weight excluding hydrogens is 208 g/mol. The van der Waals surface area contributed by atoms with Crippen molar-refractivity contribution < 1.29 is 8.42 Å². The smallest absolute Gasteiger partial charge is 0.175 e. The average molecular weight is 226 g/mol. The highest BCUT2D eigenvalue weighted by Crippen LogP contribution is 2.31. The minimum Gasteiger partial charge on any atom is -0.224 e. The first-order valence-corrected chi connectivity index (χ1v) is 6.98. The maximum atomic E-state index is 11.6. The molecule has 0 aromatic heterocycles. The van der Waals surface area contributed by atoms with Crippen LogP contribution in [0.15, 0.2) is 29.2 Å². The third kappa shape index (κ3) is 2.59. The Labute approximate surface area is 92.2 Å². The first-order chi connectivity index (χ1) is 6.79. The van der Waals surface area contributed by atoms with Gasteiger partial charge in [0.1, 0.15) is 0 Å². The second kappa shape index (κ2) is 3.97. The van der Waals surface area contributed by atoms with Crippen molar-refractivity contribution in [2.45, 2.75) is 37.5 Å². The third-order valence-corrected chi connectivity index (χ3v) is 4.05. The lowest BCUT2D eigenvalue weighted by Crippen LogP contribution is -2.19. The van der Waals surface area contributed by atoms with Crippen LogP contribution in [0.2, 0.25) is 0 Å². The normalized spacial score (nSPS) is 12.8. The highest BCUT2D eigenvalue weighted by molar-refractivity contribution is 7.90. The molecule has 0 spiro atoms. The van der Waals surface area contributed by atoms with Gasteiger partial charge in [-0.2, -0.15) is 0 Å². The number of hydrogen-bond donors (Lipinski definition) is 0. The SMILES string of the molecule is CCC(C)(C)c1ccccc1S(C)(=O)=O. The largest absolute Gasteiger partial charge is 0.224 e. The van der Waals surface area contributed by atoms with E-state index in [1.807, 2.05) is 12.1 Å². The molecule has 0 N–H and O–H groups in total. The van der Waals surface area contributed by atoms with E-state index in [1.54, 1.807) is 12.1 Å². The van der Waals surface area contributed by atoms with Gasteiger partial charge in [0.05, 0.1) is 4.90 Å². The van der Waals surface area contributed by atoms with Gasteiger partial charge in [0.15, 0.2) is 9.84 Å². The topological polar surface area (TPSA) is 34.1 Å². The van der Waals surface area contributed by atoms with Crippen molar-refractivity contribution in [2.24, 2.45) is 0 Å². The van der Waals surface area contributed by atoms with Crippen LogP contribution >= 0.6 is 0 Å². The van der Waals surface area contributed by atoms with E-state index >= 15 is 0 Å². The van der Waals surface area contributed by atoms with Crippen LogP contribution in [0.5, 0.6) is 0 Å². The molecule has 0 unspecified atom stereocenters. The van der Waals surface area contributed by atoms with Crippen molar-refractivity contribution in [3.8, 4) is 0 Å². The zero-order valence-corrected chi connectivity index (χ0v) is 10.6. The van der Waals surface area contributed by atoms with E-state index < -0.39 is 9.84 Å². The van der Waals surface area contributed by atoms with E-state index in [2.05, 4.69) is 20.8 Å². The van der Waals surface area contributed by atoms with E-state index in [0.29, 0.717) is 4.90 Å². The van der Waals surface area contributed by atoms with E-state index in [1.165, 1.54) is 6.26 Å². The molecule has 0 amide bonds. The molecule has 0 heterocycles. The molecule has 0 aliphatic carbocycles. The molecule has 1 aromatic rings. The third-order valence-electron chi connectivity index (χ3n) is 2.90. The Kier molecular flexibility index (Phi) is 3.24. The fourth-order valence-electron chi connectivity index (χ4n) is 1.54. The van der Waals surface area contributed by atoms with Crippen molar-refractivity contribution in [2.75, 3.05) is 6.26 Å². The van der Waals surface area contributed by atoms with E-state index in [-0.39, 0.29) is 5.41 Å². The predicted molar refractivity (Wildman–Crippen MR) is 62.9 cm³/mol. The molecule has 3 heteroatoms. The van der Waals surface area contributed by atoms with Gasteiger partial charge in [0.25, 0.3) is 0 Å². The molecule has 0 bridgehead atoms. The second-order valence-corrected chi connectivity index (χ2v) is 6.49. The maximum Gasteiger partial charge on any atom is 0.175 e. The molecule has 2 nitrogen and oxygen atoms in total. The van der Waals surface area contributed by atoms with E-state index in [4.69, 9.17) is 0 Å². The molecular formula is C12H18O2S. The summed E-state index contributed by atoms with van der Waals surface area (Å²) in [4.78, 5) is 0.455. The van der Waals surface area contributed by atoms with Gasteiger partial charge in [0, 0.05) is 6.26 Å². The number of sulfone groups is 1. The minimum atomic E-state index is -3.13. The van der Waals surface area contributed by atoms with Crippen molar-refractivity contribution in [3.63, 3.8) is 0 Å². The summed E-state index contributed by atoms with van der Waals surface area (Å²) >= 11 is 0. The van der Waals surface area contributed by atoms with Crippen LogP contribution in [0, 0.1) is 0 Å². The highest BCUT2D eigenvalue weighted by atomic mass is 32.2. The van der Waals surface area contributed by atoms with Crippen LogP contribution in [0.25, 0.3) is 0 Å². The van der Waals surface area contributed by atoms with E-state index in [0.717, 1.165) is 12.0 Å². The fraction of sp³-hybridized carbons (Fsp3) is 0.500. The number of rotatable bonds is 3. The Balaban J connectivity index is 3.44. The summed E-state index contributed by atoms with van der Waals surface area (Å²) in [5, 5.41) is 0. The Bertz CT molecular complexity index is 444. The summed E-state index contributed by atoms with van der Waals surface area (Å²) < 4.78 is 23.2. The van der Waals surface area contributed by atoms with Gasteiger partial charge in [0.2, 0.25) is 0 Å². The summed E-state index contributed by atoms with van der Waals surface area (Å²) in [6.07, 6.45) is 2.18. The molecule has 1 rings (SSSR count). The molecule has 0 saturated carbocycles. The van der Waals surface area contributed by atoms with Gasteiger partial charge < -0.3 is 0 Å². The van der Waals surface area contributed by atoms with Crippen molar-refractivity contribution in [1.82, 2.24) is 0 Å². The Morgan fingerprint density at radius 2 is 1.73 bits per heavy atom. The summed E-state index contributed by atoms with van der Waals surface area (Å²) in [5.74, 6) is 0. The van der Waals surface area contributed by atoms with Crippen LogP contribution in [0.1, 0.15) is 32.8 Å². The summed E-state index contributed by atoms with van der Waals surface area (Å²) in [5.41, 5.74) is 0.814. The fourth-order valence-corrected chi connectivity index (χ4v) is 2.61. The Morgan fingerprint density at radius 1 is 1.20 bits per heavy atom. The van der Waals surface area contributed by atoms with Gasteiger partial charge in [-0.05, 0) is 23.5 Å². The second-order valence-electron chi connectivity index (χ2n) is 4.51. The zero-order valence-electron chi connectivity index (χ0n) is 9.74. The quantitative estimate of drug-likeness (QED) is 0.794. The molecule has 15 heavy (non-hydrogen) atoms. The molecule has 0 radical (unpaired) electrons. The molecule has 0 aliphatic rings. The van der Waals surface area contributed by atoms with Gasteiger partial charge in [-0.15, -0.1) is 0 Å². The lowest BCUT2D eigenvalue weighted by Gasteiger charge is -2.25. The minimum absolute atomic E-state index is 0.0975. The molecule has 1 aromatic carbocycles. The standard InChI is InChI=1S/C12H18O2S/c1-5-12(2,3)10-8-6-7-9-11(10)15(4,13)14/h6-9H,5H2,1-4H3. The number of hydrogen-bond acceptors (Lipinski definition) is 2. The number of benzene rings is 1. The first kappa shape index (κ1) is 12.2. The highest BCUT2D eigenvalue weighted by Gasteiger charge is 2.24. The van der Waals surface area contributed by atoms with Crippen molar-refractivity contribution in [3.05, 3.63) is 29.8 Å². The Hall–Kier alpha value is -0.830. The van der Waals surface area contributed by atoms with Crippen LogP contribution < -0.4 is 0 Å². The molecule has 0 saturated heterocycles. The summed E-state index contributed by atoms with van der Waals surface area (Å²) in [6, 6.07) is 7.25. The first-order valence-electron chi connectivity index (χ1n) is 5.08. The van der Waals surface area contributed by atoms with Crippen molar-refractivity contribution >= 4 is 9.84 Å². The summed E-state index contributed by atoms with van der Waals surface area (Å²) in [7, 11) is -3.13. The van der Waals surface area contributed by atoms with E-state index in [9.17, 15) is 8.42 Å². The average Bonchev–Trinajstić information content (AvgIpc) is 2.16. The predicted octanol–water partition coefficient (Wildman–Crippen LogP) is 2.78. The molecule has 84 valence electrons. The van der Waals surface area contributed by atoms with Gasteiger partial charge in [-0.3, -0.25) is 0 Å². The monoisotopic (exact) mass is 226 g/mol. The lowest BCUT2D eigenvalue weighted by atomic mass is 9.82. The molecule has 0 aliphatic heterocycles.